The van der Waals surface area contributed by atoms with E-state index in [9.17, 15) is 9.59 Å². The molecular weight excluding hydrogens is 286 g/mol. The van der Waals surface area contributed by atoms with Crippen LogP contribution in [0.25, 0.3) is 11.0 Å². The van der Waals surface area contributed by atoms with Crippen LogP contribution < -0.4 is 11.0 Å². The van der Waals surface area contributed by atoms with Gasteiger partial charge in [0.15, 0.2) is 5.82 Å². The standard InChI is InChI=1S/C14H15N5O3/c1-9-16-12(18-22-9)8-13(20)15-6-7-19-11-5-3-2-4-10(11)17-14(19)21/h2-5H,6-8H2,1H3,(H,15,20)(H,17,21). The summed E-state index contributed by atoms with van der Waals surface area (Å²) in [5, 5.41) is 6.40. The Morgan fingerprint density at radius 1 is 1.41 bits per heavy atom. The fraction of sp³-hybridized carbons (Fsp3) is 0.286. The molecule has 114 valence electrons. The monoisotopic (exact) mass is 301 g/mol. The number of carbonyl (C=O) groups is 1. The number of rotatable bonds is 5. The van der Waals surface area contributed by atoms with Crippen LogP contribution in [-0.2, 0) is 17.8 Å². The van der Waals surface area contributed by atoms with Gasteiger partial charge < -0.3 is 14.8 Å². The second kappa shape index (κ2) is 5.84. The summed E-state index contributed by atoms with van der Waals surface area (Å²) < 4.78 is 6.39. The lowest BCUT2D eigenvalue weighted by molar-refractivity contribution is -0.120. The largest absolute Gasteiger partial charge is 0.354 e. The fourth-order valence-corrected chi connectivity index (χ4v) is 2.26. The molecule has 1 aromatic carbocycles. The van der Waals surface area contributed by atoms with Gasteiger partial charge in [-0.15, -0.1) is 0 Å². The number of nitrogens with zero attached hydrogens (tertiary/aromatic N) is 3. The summed E-state index contributed by atoms with van der Waals surface area (Å²) in [6.07, 6.45) is 0.0557. The molecule has 0 bridgehead atoms. The first-order valence-electron chi connectivity index (χ1n) is 6.87. The van der Waals surface area contributed by atoms with Crippen molar-refractivity contribution < 1.29 is 9.32 Å². The zero-order valence-electron chi connectivity index (χ0n) is 12.0. The molecule has 22 heavy (non-hydrogen) atoms. The Morgan fingerprint density at radius 3 is 3.00 bits per heavy atom. The number of hydrogen-bond acceptors (Lipinski definition) is 5. The lowest BCUT2D eigenvalue weighted by atomic mass is 10.3. The van der Waals surface area contributed by atoms with Crippen LogP contribution in [0.15, 0.2) is 33.6 Å². The third-order valence-electron chi connectivity index (χ3n) is 3.23. The van der Waals surface area contributed by atoms with Crippen LogP contribution in [0.4, 0.5) is 0 Å². The van der Waals surface area contributed by atoms with Gasteiger partial charge in [-0.2, -0.15) is 4.98 Å². The third kappa shape index (κ3) is 2.90. The van der Waals surface area contributed by atoms with E-state index in [0.29, 0.717) is 24.8 Å². The van der Waals surface area contributed by atoms with Gasteiger partial charge in [0.05, 0.1) is 17.5 Å². The molecule has 0 aliphatic rings. The van der Waals surface area contributed by atoms with Crippen LogP contribution in [-0.4, -0.2) is 32.1 Å². The molecule has 0 fully saturated rings. The molecule has 0 aliphatic heterocycles. The highest BCUT2D eigenvalue weighted by Gasteiger charge is 2.10. The average Bonchev–Trinajstić information content (AvgIpc) is 3.03. The van der Waals surface area contributed by atoms with Gasteiger partial charge in [0.1, 0.15) is 0 Å². The van der Waals surface area contributed by atoms with Gasteiger partial charge in [0.2, 0.25) is 11.8 Å². The molecule has 0 aliphatic carbocycles. The number of aromatic nitrogens is 4. The van der Waals surface area contributed by atoms with E-state index < -0.39 is 0 Å². The number of amides is 1. The first kappa shape index (κ1) is 14.1. The number of aryl methyl sites for hydroxylation is 1. The molecule has 2 heterocycles. The molecule has 8 heteroatoms. The van der Waals surface area contributed by atoms with Crippen LogP contribution in [0.2, 0.25) is 0 Å². The van der Waals surface area contributed by atoms with Crippen molar-refractivity contribution in [2.75, 3.05) is 6.54 Å². The summed E-state index contributed by atoms with van der Waals surface area (Å²) in [5.74, 6) is 0.557. The number of para-hydroxylation sites is 2. The number of aromatic amines is 1. The molecule has 0 spiro atoms. The van der Waals surface area contributed by atoms with E-state index in [1.807, 2.05) is 24.3 Å². The van der Waals surface area contributed by atoms with Gasteiger partial charge in [0, 0.05) is 20.0 Å². The first-order valence-corrected chi connectivity index (χ1v) is 6.87. The molecule has 0 atom stereocenters. The highest BCUT2D eigenvalue weighted by molar-refractivity contribution is 5.77. The number of hydrogen-bond donors (Lipinski definition) is 2. The summed E-state index contributed by atoms with van der Waals surface area (Å²) in [5.41, 5.74) is 1.40. The first-order chi connectivity index (χ1) is 10.6. The summed E-state index contributed by atoms with van der Waals surface area (Å²) >= 11 is 0. The van der Waals surface area contributed by atoms with Crippen molar-refractivity contribution in [1.82, 2.24) is 25.0 Å². The van der Waals surface area contributed by atoms with Gasteiger partial charge in [-0.25, -0.2) is 4.79 Å². The fourth-order valence-electron chi connectivity index (χ4n) is 2.26. The van der Waals surface area contributed by atoms with Gasteiger partial charge in [-0.3, -0.25) is 9.36 Å². The molecule has 0 radical (unpaired) electrons. The second-order valence-corrected chi connectivity index (χ2v) is 4.86. The van der Waals surface area contributed by atoms with Crippen molar-refractivity contribution in [3.63, 3.8) is 0 Å². The lowest BCUT2D eigenvalue weighted by Crippen LogP contribution is -2.31. The zero-order chi connectivity index (χ0) is 15.5. The predicted molar refractivity (Wildman–Crippen MR) is 78.3 cm³/mol. The Hall–Kier alpha value is -2.90. The number of nitrogens with one attached hydrogen (secondary N) is 2. The Morgan fingerprint density at radius 2 is 2.23 bits per heavy atom. The molecule has 3 rings (SSSR count). The van der Waals surface area contributed by atoms with Crippen LogP contribution in [0.1, 0.15) is 11.7 Å². The predicted octanol–water partition coefficient (Wildman–Crippen LogP) is 0.380. The smallest absolute Gasteiger partial charge is 0.326 e. The number of fused-ring (bicyclic) bond motifs is 1. The van der Waals surface area contributed by atoms with Crippen molar-refractivity contribution >= 4 is 16.9 Å². The van der Waals surface area contributed by atoms with E-state index in [0.717, 1.165) is 11.0 Å². The maximum Gasteiger partial charge on any atom is 0.326 e. The molecular formula is C14H15N5O3. The Labute approximate surface area is 125 Å². The minimum absolute atomic E-state index is 0.0557. The highest BCUT2D eigenvalue weighted by atomic mass is 16.5. The molecule has 8 nitrogen and oxygen atoms in total. The maximum atomic E-state index is 11.9. The Balaban J connectivity index is 1.59. The van der Waals surface area contributed by atoms with E-state index in [-0.39, 0.29) is 18.0 Å². The Kier molecular flexibility index (Phi) is 3.73. The minimum Gasteiger partial charge on any atom is -0.354 e. The number of imidazole rings is 1. The SMILES string of the molecule is Cc1nc(CC(=O)NCCn2c(=O)[nH]c3ccccc32)no1. The molecule has 0 saturated carbocycles. The van der Waals surface area contributed by atoms with Crippen molar-refractivity contribution in [1.29, 1.82) is 0 Å². The van der Waals surface area contributed by atoms with E-state index in [4.69, 9.17) is 4.52 Å². The van der Waals surface area contributed by atoms with Crippen LogP contribution in [0.3, 0.4) is 0 Å². The van der Waals surface area contributed by atoms with E-state index >= 15 is 0 Å². The van der Waals surface area contributed by atoms with Crippen molar-refractivity contribution in [2.24, 2.45) is 0 Å². The minimum atomic E-state index is -0.214. The average molecular weight is 301 g/mol. The second-order valence-electron chi connectivity index (χ2n) is 4.86. The summed E-state index contributed by atoms with van der Waals surface area (Å²) in [6.45, 7) is 2.40. The number of H-pyrrole nitrogens is 1. The third-order valence-corrected chi connectivity index (χ3v) is 3.23. The summed E-state index contributed by atoms with van der Waals surface area (Å²) in [7, 11) is 0. The Bertz CT molecular complexity index is 861. The molecule has 0 unspecified atom stereocenters. The summed E-state index contributed by atoms with van der Waals surface area (Å²) in [4.78, 5) is 30.4. The van der Waals surface area contributed by atoms with Gasteiger partial charge in [-0.1, -0.05) is 17.3 Å². The molecule has 1 amide bonds. The van der Waals surface area contributed by atoms with Gasteiger partial charge >= 0.3 is 5.69 Å². The highest BCUT2D eigenvalue weighted by Crippen LogP contribution is 2.08. The van der Waals surface area contributed by atoms with Crippen LogP contribution in [0.5, 0.6) is 0 Å². The maximum absolute atomic E-state index is 11.9. The molecule has 2 N–H and O–H groups in total. The lowest BCUT2D eigenvalue weighted by Gasteiger charge is -2.05. The quantitative estimate of drug-likeness (QED) is 0.708. The van der Waals surface area contributed by atoms with Crippen LogP contribution >= 0.6 is 0 Å². The van der Waals surface area contributed by atoms with Gasteiger partial charge in [0.25, 0.3) is 0 Å². The van der Waals surface area contributed by atoms with Crippen LogP contribution in [0, 0.1) is 6.92 Å². The van der Waals surface area contributed by atoms with Crippen molar-refractivity contribution in [3.8, 4) is 0 Å². The van der Waals surface area contributed by atoms with Crippen molar-refractivity contribution in [2.45, 2.75) is 19.9 Å². The summed E-state index contributed by atoms with van der Waals surface area (Å²) in [6, 6.07) is 7.42. The normalized spacial score (nSPS) is 11.0. The van der Waals surface area contributed by atoms with Crippen molar-refractivity contribution in [3.05, 3.63) is 46.5 Å². The molecule has 0 saturated heterocycles. The number of carbonyl (C=O) groups excluding carboxylic acids is 1. The molecule has 2 aromatic heterocycles. The zero-order valence-corrected chi connectivity index (χ0v) is 12.0. The van der Waals surface area contributed by atoms with E-state index in [1.54, 1.807) is 11.5 Å². The van der Waals surface area contributed by atoms with Gasteiger partial charge in [-0.05, 0) is 12.1 Å². The molecule has 3 aromatic rings. The van der Waals surface area contributed by atoms with E-state index in [2.05, 4.69) is 20.4 Å². The number of benzene rings is 1. The topological polar surface area (TPSA) is 106 Å². The van der Waals surface area contributed by atoms with E-state index in [1.165, 1.54) is 0 Å².